The third-order valence-corrected chi connectivity index (χ3v) is 6.19. The van der Waals surface area contributed by atoms with Crippen LogP contribution in [0.4, 0.5) is 0 Å². The lowest BCUT2D eigenvalue weighted by molar-refractivity contribution is 0.0627. The van der Waals surface area contributed by atoms with Crippen molar-refractivity contribution in [1.29, 1.82) is 0 Å². The first-order valence-electron chi connectivity index (χ1n) is 7.98. The van der Waals surface area contributed by atoms with Crippen molar-refractivity contribution < 1.29 is 17.6 Å². The molecule has 1 N–H and O–H groups in total. The Hall–Kier alpha value is -1.38. The van der Waals surface area contributed by atoms with Crippen molar-refractivity contribution >= 4 is 15.9 Å². The van der Waals surface area contributed by atoms with Crippen molar-refractivity contribution in [2.45, 2.75) is 42.9 Å². The first kappa shape index (κ1) is 16.5. The smallest absolute Gasteiger partial charge is 0.289 e. The number of amides is 1. The molecule has 2 aliphatic rings. The summed E-state index contributed by atoms with van der Waals surface area (Å²) in [4.78, 5) is 16.9. The zero-order valence-corrected chi connectivity index (χ0v) is 14.3. The summed E-state index contributed by atoms with van der Waals surface area (Å²) < 4.78 is 31.0. The molecule has 0 aromatic carbocycles. The second-order valence-corrected chi connectivity index (χ2v) is 8.04. The second-order valence-electron chi connectivity index (χ2n) is 6.22. The highest BCUT2D eigenvalue weighted by Crippen LogP contribution is 2.30. The van der Waals surface area contributed by atoms with Crippen LogP contribution in [0.15, 0.2) is 21.6 Å². The minimum atomic E-state index is -3.67. The zero-order valence-electron chi connectivity index (χ0n) is 13.5. The van der Waals surface area contributed by atoms with Gasteiger partial charge in [-0.1, -0.05) is 0 Å². The number of nitrogens with zero attached hydrogens (tertiary/aromatic N) is 2. The van der Waals surface area contributed by atoms with Gasteiger partial charge in [0.05, 0.1) is 0 Å². The summed E-state index contributed by atoms with van der Waals surface area (Å²) in [5.74, 6) is -0.128. The number of nitrogens with one attached hydrogen (secondary N) is 1. The van der Waals surface area contributed by atoms with Crippen LogP contribution in [0.25, 0.3) is 0 Å². The van der Waals surface area contributed by atoms with Crippen LogP contribution in [-0.4, -0.2) is 63.4 Å². The first-order valence-corrected chi connectivity index (χ1v) is 9.47. The Kier molecular flexibility index (Phi) is 4.48. The van der Waals surface area contributed by atoms with Crippen LogP contribution in [0.2, 0.25) is 0 Å². The molecule has 7 nitrogen and oxygen atoms in total. The number of sulfonamides is 1. The van der Waals surface area contributed by atoms with E-state index in [1.165, 1.54) is 19.2 Å². The van der Waals surface area contributed by atoms with Gasteiger partial charge in [-0.25, -0.2) is 13.1 Å². The third-order valence-electron chi connectivity index (χ3n) is 4.91. The quantitative estimate of drug-likeness (QED) is 0.879. The summed E-state index contributed by atoms with van der Waals surface area (Å²) in [6.07, 6.45) is 4.22. The van der Waals surface area contributed by atoms with E-state index in [1.54, 1.807) is 0 Å². The molecule has 2 fully saturated rings. The van der Waals surface area contributed by atoms with E-state index < -0.39 is 10.0 Å². The van der Waals surface area contributed by atoms with E-state index in [9.17, 15) is 13.2 Å². The maximum atomic E-state index is 12.7. The predicted molar refractivity (Wildman–Crippen MR) is 84.7 cm³/mol. The standard InChI is InChI=1S/C15H23N3O4S/c1-16-23(20,21)14-8-7-13(22-14)15(19)18-10-4-6-12(18)11-5-3-9-17(11)2/h7-8,11-12,16H,3-6,9-10H2,1-2H3. The van der Waals surface area contributed by atoms with Crippen molar-refractivity contribution in [1.82, 2.24) is 14.5 Å². The van der Waals surface area contributed by atoms with Gasteiger partial charge in [0.15, 0.2) is 5.76 Å². The van der Waals surface area contributed by atoms with Gasteiger partial charge >= 0.3 is 0 Å². The van der Waals surface area contributed by atoms with E-state index in [-0.39, 0.29) is 22.8 Å². The van der Waals surface area contributed by atoms with Gasteiger partial charge < -0.3 is 14.2 Å². The molecule has 0 saturated carbocycles. The van der Waals surface area contributed by atoms with Gasteiger partial charge in [0.1, 0.15) is 0 Å². The Balaban J connectivity index is 1.79. The van der Waals surface area contributed by atoms with Gasteiger partial charge in [-0.05, 0) is 58.5 Å². The molecule has 1 amide bonds. The molecule has 3 rings (SSSR count). The number of hydrogen-bond acceptors (Lipinski definition) is 5. The Labute approximate surface area is 136 Å². The van der Waals surface area contributed by atoms with Crippen LogP contribution in [0.5, 0.6) is 0 Å². The highest BCUT2D eigenvalue weighted by molar-refractivity contribution is 7.89. The van der Waals surface area contributed by atoms with Gasteiger partial charge in [0.25, 0.3) is 15.9 Å². The average molecular weight is 341 g/mol. The molecule has 2 saturated heterocycles. The number of carbonyl (C=O) groups excluding carboxylic acids is 1. The summed E-state index contributed by atoms with van der Waals surface area (Å²) >= 11 is 0. The van der Waals surface area contributed by atoms with Crippen molar-refractivity contribution in [3.8, 4) is 0 Å². The van der Waals surface area contributed by atoms with Gasteiger partial charge in [-0.3, -0.25) is 4.79 Å². The monoisotopic (exact) mass is 341 g/mol. The van der Waals surface area contributed by atoms with Crippen molar-refractivity contribution in [2.75, 3.05) is 27.2 Å². The molecular weight excluding hydrogens is 318 g/mol. The van der Waals surface area contributed by atoms with E-state index in [2.05, 4.69) is 16.7 Å². The molecule has 1 aromatic rings. The minimum Gasteiger partial charge on any atom is -0.438 e. The zero-order chi connectivity index (χ0) is 16.6. The lowest BCUT2D eigenvalue weighted by Crippen LogP contribution is -2.47. The molecule has 2 aliphatic heterocycles. The van der Waals surface area contributed by atoms with Crippen molar-refractivity contribution in [3.63, 3.8) is 0 Å². The highest BCUT2D eigenvalue weighted by atomic mass is 32.2. The predicted octanol–water partition coefficient (Wildman–Crippen LogP) is 0.886. The van der Waals surface area contributed by atoms with Crippen LogP contribution in [0, 0.1) is 0 Å². The number of carbonyl (C=O) groups is 1. The molecular formula is C15H23N3O4S. The molecule has 0 spiro atoms. The summed E-state index contributed by atoms with van der Waals surface area (Å²) in [5, 5.41) is -0.225. The van der Waals surface area contributed by atoms with Gasteiger partial charge in [-0.2, -0.15) is 0 Å². The molecule has 2 unspecified atom stereocenters. The van der Waals surface area contributed by atoms with Crippen LogP contribution in [0.1, 0.15) is 36.2 Å². The average Bonchev–Trinajstić information content (AvgIpc) is 3.26. The Morgan fingerprint density at radius 1 is 1.22 bits per heavy atom. The lowest BCUT2D eigenvalue weighted by Gasteiger charge is -2.32. The van der Waals surface area contributed by atoms with E-state index >= 15 is 0 Å². The fourth-order valence-electron chi connectivity index (χ4n) is 3.69. The van der Waals surface area contributed by atoms with Crippen molar-refractivity contribution in [2.24, 2.45) is 0 Å². The fraction of sp³-hybridized carbons (Fsp3) is 0.667. The lowest BCUT2D eigenvalue weighted by atomic mass is 10.0. The van der Waals surface area contributed by atoms with Crippen LogP contribution >= 0.6 is 0 Å². The highest BCUT2D eigenvalue weighted by Gasteiger charge is 2.39. The summed E-state index contributed by atoms with van der Waals surface area (Å²) in [6.45, 7) is 1.76. The second kappa shape index (κ2) is 6.26. The molecule has 23 heavy (non-hydrogen) atoms. The van der Waals surface area contributed by atoms with Crippen LogP contribution in [-0.2, 0) is 10.0 Å². The maximum Gasteiger partial charge on any atom is 0.289 e. The first-order chi connectivity index (χ1) is 10.9. The Morgan fingerprint density at radius 2 is 1.91 bits per heavy atom. The number of likely N-dealkylation sites (N-methyl/N-ethyl adjacent to an activating group) is 1. The summed E-state index contributed by atoms with van der Waals surface area (Å²) in [6, 6.07) is 3.34. The Morgan fingerprint density at radius 3 is 2.57 bits per heavy atom. The molecule has 0 bridgehead atoms. The normalized spacial score (nSPS) is 26.1. The molecule has 0 radical (unpaired) electrons. The van der Waals surface area contributed by atoms with E-state index in [0.29, 0.717) is 12.6 Å². The maximum absolute atomic E-state index is 12.7. The van der Waals surface area contributed by atoms with Crippen LogP contribution in [0.3, 0.4) is 0 Å². The summed E-state index contributed by atoms with van der Waals surface area (Å²) in [5.41, 5.74) is 0. The minimum absolute atomic E-state index is 0.0892. The van der Waals surface area contributed by atoms with Gasteiger partial charge in [0, 0.05) is 18.6 Å². The molecule has 2 atom stereocenters. The van der Waals surface area contributed by atoms with E-state index in [1.807, 2.05) is 4.90 Å². The van der Waals surface area contributed by atoms with Crippen molar-refractivity contribution in [3.05, 3.63) is 17.9 Å². The molecule has 8 heteroatoms. The topological polar surface area (TPSA) is 82.9 Å². The third kappa shape index (κ3) is 3.02. The molecule has 0 aliphatic carbocycles. The molecule has 1 aromatic heterocycles. The van der Waals surface area contributed by atoms with E-state index in [0.717, 1.165) is 32.2 Å². The van der Waals surface area contributed by atoms with E-state index in [4.69, 9.17) is 4.42 Å². The number of likely N-dealkylation sites (tertiary alicyclic amines) is 2. The summed E-state index contributed by atoms with van der Waals surface area (Å²) in [7, 11) is -0.256. The fourth-order valence-corrected chi connectivity index (χ4v) is 4.34. The van der Waals surface area contributed by atoms with Gasteiger partial charge in [0.2, 0.25) is 5.09 Å². The number of rotatable bonds is 4. The van der Waals surface area contributed by atoms with Crippen LogP contribution < -0.4 is 4.72 Å². The largest absolute Gasteiger partial charge is 0.438 e. The molecule has 3 heterocycles. The number of furan rings is 1. The van der Waals surface area contributed by atoms with Gasteiger partial charge in [-0.15, -0.1) is 0 Å². The molecule has 128 valence electrons. The SMILES string of the molecule is CNS(=O)(=O)c1ccc(C(=O)N2CCCC2C2CCCN2C)o1. The number of hydrogen-bond donors (Lipinski definition) is 1. The Bertz CT molecular complexity index is 685.